The summed E-state index contributed by atoms with van der Waals surface area (Å²) in [7, 11) is -3.62. The lowest BCUT2D eigenvalue weighted by Gasteiger charge is -2.24. The van der Waals surface area contributed by atoms with Crippen molar-refractivity contribution in [2.24, 2.45) is 5.73 Å². The molecule has 7 heteroatoms. The first kappa shape index (κ1) is 15.9. The molecule has 112 valence electrons. The molecule has 0 amide bonds. The summed E-state index contributed by atoms with van der Waals surface area (Å²) in [4.78, 5) is 0.228. The third kappa shape index (κ3) is 3.23. The maximum atomic E-state index is 12.6. The number of ether oxygens (including phenoxy) is 1. The molecule has 3 N–H and O–H groups in total. The van der Waals surface area contributed by atoms with Crippen LogP contribution in [0.3, 0.4) is 0 Å². The Kier molecular flexibility index (Phi) is 4.56. The van der Waals surface area contributed by atoms with Crippen LogP contribution in [0.15, 0.2) is 21.5 Å². The number of hydrogen-bond acceptors (Lipinski definition) is 4. The summed E-state index contributed by atoms with van der Waals surface area (Å²) in [5.41, 5.74) is 6.71. The summed E-state index contributed by atoms with van der Waals surface area (Å²) in [5, 5.41) is 0. The van der Waals surface area contributed by atoms with Gasteiger partial charge in [0.2, 0.25) is 10.0 Å². The number of halogens is 1. The highest BCUT2D eigenvalue weighted by Crippen LogP contribution is 2.29. The highest BCUT2D eigenvalue weighted by molar-refractivity contribution is 9.10. The van der Waals surface area contributed by atoms with Crippen LogP contribution in [0.4, 0.5) is 0 Å². The molecule has 0 aromatic heterocycles. The molecule has 1 atom stereocenters. The minimum Gasteiger partial charge on any atom is -0.379 e. The SMILES string of the molecule is Cc1cc(CN)cc(S(=O)(=O)NC2(C)CCOC2)c1Br. The molecule has 2 rings (SSSR count). The quantitative estimate of drug-likeness (QED) is 0.853. The van der Waals surface area contributed by atoms with E-state index in [0.717, 1.165) is 11.1 Å². The Morgan fingerprint density at radius 1 is 1.50 bits per heavy atom. The largest absolute Gasteiger partial charge is 0.379 e. The Hall–Kier alpha value is -0.470. The molecule has 0 spiro atoms. The second-order valence-electron chi connectivity index (χ2n) is 5.40. The fourth-order valence-corrected chi connectivity index (χ4v) is 4.74. The van der Waals surface area contributed by atoms with E-state index in [-0.39, 0.29) is 4.90 Å². The molecule has 0 saturated carbocycles. The lowest BCUT2D eigenvalue weighted by Crippen LogP contribution is -2.46. The predicted octanol–water partition coefficient (Wildman–Crippen LogP) is 1.67. The van der Waals surface area contributed by atoms with Gasteiger partial charge in [-0.05, 0) is 53.4 Å². The Balaban J connectivity index is 2.41. The van der Waals surface area contributed by atoms with E-state index in [4.69, 9.17) is 10.5 Å². The van der Waals surface area contributed by atoms with Crippen molar-refractivity contribution in [1.29, 1.82) is 0 Å². The van der Waals surface area contributed by atoms with Crippen LogP contribution >= 0.6 is 15.9 Å². The van der Waals surface area contributed by atoms with Crippen molar-refractivity contribution in [3.8, 4) is 0 Å². The lowest BCUT2D eigenvalue weighted by molar-refractivity contribution is 0.178. The molecule has 1 unspecified atom stereocenters. The van der Waals surface area contributed by atoms with Crippen LogP contribution in [0.2, 0.25) is 0 Å². The van der Waals surface area contributed by atoms with Gasteiger partial charge in [0.1, 0.15) is 0 Å². The minimum atomic E-state index is -3.62. The fourth-order valence-electron chi connectivity index (χ4n) is 2.25. The first-order valence-electron chi connectivity index (χ1n) is 6.38. The van der Waals surface area contributed by atoms with Gasteiger partial charge in [0.05, 0.1) is 17.0 Å². The second-order valence-corrected chi connectivity index (χ2v) is 7.84. The van der Waals surface area contributed by atoms with Crippen LogP contribution in [-0.2, 0) is 21.3 Å². The molecule has 1 heterocycles. The monoisotopic (exact) mass is 362 g/mol. The zero-order valence-electron chi connectivity index (χ0n) is 11.6. The Morgan fingerprint density at radius 2 is 2.20 bits per heavy atom. The van der Waals surface area contributed by atoms with E-state index >= 15 is 0 Å². The second kappa shape index (κ2) is 5.73. The highest BCUT2D eigenvalue weighted by Gasteiger charge is 2.35. The summed E-state index contributed by atoms with van der Waals surface area (Å²) in [6.07, 6.45) is 0.666. The Morgan fingerprint density at radius 3 is 2.75 bits per heavy atom. The zero-order valence-corrected chi connectivity index (χ0v) is 14.0. The smallest absolute Gasteiger partial charge is 0.242 e. The van der Waals surface area contributed by atoms with E-state index in [0.29, 0.717) is 30.7 Å². The van der Waals surface area contributed by atoms with Gasteiger partial charge in [0.15, 0.2) is 0 Å². The number of sulfonamides is 1. The number of nitrogens with one attached hydrogen (secondary N) is 1. The first-order chi connectivity index (χ1) is 9.27. The van der Waals surface area contributed by atoms with Gasteiger partial charge >= 0.3 is 0 Å². The fraction of sp³-hybridized carbons (Fsp3) is 0.538. The lowest BCUT2D eigenvalue weighted by atomic mass is 10.0. The molecular formula is C13H19BrN2O3S. The van der Waals surface area contributed by atoms with Gasteiger partial charge in [0, 0.05) is 17.6 Å². The van der Waals surface area contributed by atoms with Crippen LogP contribution in [0.5, 0.6) is 0 Å². The van der Waals surface area contributed by atoms with Gasteiger partial charge in [0.25, 0.3) is 0 Å². The normalized spacial score (nSPS) is 23.2. The highest BCUT2D eigenvalue weighted by atomic mass is 79.9. The molecular weight excluding hydrogens is 344 g/mol. The topological polar surface area (TPSA) is 81.4 Å². The van der Waals surface area contributed by atoms with Gasteiger partial charge in [-0.3, -0.25) is 0 Å². The maximum absolute atomic E-state index is 12.6. The van der Waals surface area contributed by atoms with Crippen LogP contribution in [0.1, 0.15) is 24.5 Å². The van der Waals surface area contributed by atoms with E-state index in [1.165, 1.54) is 0 Å². The van der Waals surface area contributed by atoms with Crippen LogP contribution < -0.4 is 10.5 Å². The van der Waals surface area contributed by atoms with Crippen molar-refractivity contribution in [3.05, 3.63) is 27.7 Å². The molecule has 1 saturated heterocycles. The van der Waals surface area contributed by atoms with Crippen LogP contribution in [0.25, 0.3) is 0 Å². The Bertz CT molecular complexity index is 610. The average Bonchev–Trinajstić information content (AvgIpc) is 2.77. The molecule has 1 aliphatic rings. The van der Waals surface area contributed by atoms with Gasteiger partial charge in [-0.25, -0.2) is 13.1 Å². The van der Waals surface area contributed by atoms with E-state index in [2.05, 4.69) is 20.7 Å². The number of benzene rings is 1. The molecule has 5 nitrogen and oxygen atoms in total. The summed E-state index contributed by atoms with van der Waals surface area (Å²) < 4.78 is 33.8. The molecule has 0 aliphatic carbocycles. The van der Waals surface area contributed by atoms with Gasteiger partial charge in [-0.1, -0.05) is 6.07 Å². The van der Waals surface area contributed by atoms with Crippen molar-refractivity contribution in [1.82, 2.24) is 4.72 Å². The minimum absolute atomic E-state index is 0.228. The Labute approximate surface area is 128 Å². The van der Waals surface area contributed by atoms with Crippen molar-refractivity contribution < 1.29 is 13.2 Å². The molecule has 0 radical (unpaired) electrons. The van der Waals surface area contributed by atoms with Crippen molar-refractivity contribution >= 4 is 26.0 Å². The van der Waals surface area contributed by atoms with E-state index in [9.17, 15) is 8.42 Å². The summed E-state index contributed by atoms with van der Waals surface area (Å²) in [6.45, 7) is 4.96. The molecule has 1 aliphatic heterocycles. The molecule has 20 heavy (non-hydrogen) atoms. The summed E-state index contributed by atoms with van der Waals surface area (Å²) >= 11 is 3.36. The number of aryl methyl sites for hydroxylation is 1. The number of nitrogens with two attached hydrogens (primary N) is 1. The van der Waals surface area contributed by atoms with Gasteiger partial charge < -0.3 is 10.5 Å². The predicted molar refractivity (Wildman–Crippen MR) is 80.9 cm³/mol. The van der Waals surface area contributed by atoms with Crippen LogP contribution in [0, 0.1) is 6.92 Å². The van der Waals surface area contributed by atoms with Crippen molar-refractivity contribution in [2.45, 2.75) is 37.2 Å². The average molecular weight is 363 g/mol. The third-order valence-corrected chi connectivity index (χ3v) is 6.38. The summed E-state index contributed by atoms with van der Waals surface area (Å²) in [5.74, 6) is 0. The number of rotatable bonds is 4. The molecule has 1 aromatic carbocycles. The molecule has 1 fully saturated rings. The van der Waals surface area contributed by atoms with Crippen LogP contribution in [-0.4, -0.2) is 27.2 Å². The van der Waals surface area contributed by atoms with Crippen molar-refractivity contribution in [2.75, 3.05) is 13.2 Å². The number of hydrogen-bond donors (Lipinski definition) is 2. The van der Waals surface area contributed by atoms with Gasteiger partial charge in [-0.15, -0.1) is 0 Å². The van der Waals surface area contributed by atoms with E-state index in [1.807, 2.05) is 19.9 Å². The maximum Gasteiger partial charge on any atom is 0.242 e. The molecule has 1 aromatic rings. The first-order valence-corrected chi connectivity index (χ1v) is 8.66. The van der Waals surface area contributed by atoms with Gasteiger partial charge in [-0.2, -0.15) is 0 Å². The third-order valence-electron chi connectivity index (χ3n) is 3.41. The molecule has 0 bridgehead atoms. The summed E-state index contributed by atoms with van der Waals surface area (Å²) in [6, 6.07) is 3.49. The standard InChI is InChI=1S/C13H19BrN2O3S/c1-9-5-10(7-15)6-11(12(9)14)20(17,18)16-13(2)3-4-19-8-13/h5-6,16H,3-4,7-8,15H2,1-2H3. The zero-order chi connectivity index (χ0) is 15.0. The van der Waals surface area contributed by atoms with Crippen molar-refractivity contribution in [3.63, 3.8) is 0 Å². The van der Waals surface area contributed by atoms with E-state index in [1.54, 1.807) is 6.07 Å². The van der Waals surface area contributed by atoms with E-state index < -0.39 is 15.6 Å².